The van der Waals surface area contributed by atoms with Gasteiger partial charge in [-0.15, -0.1) is 0 Å². The first kappa shape index (κ1) is 15.2. The van der Waals surface area contributed by atoms with E-state index in [4.69, 9.17) is 0 Å². The average Bonchev–Trinajstić information content (AvgIpc) is 3.16. The van der Waals surface area contributed by atoms with Crippen LogP contribution in [0.1, 0.15) is 35.6 Å². The highest BCUT2D eigenvalue weighted by Gasteiger charge is 2.23. The molecule has 122 valence electrons. The Hall–Kier alpha value is -2.39. The molecule has 1 atom stereocenters. The van der Waals surface area contributed by atoms with Gasteiger partial charge in [-0.25, -0.2) is 4.68 Å². The highest BCUT2D eigenvalue weighted by Crippen LogP contribution is 2.34. The summed E-state index contributed by atoms with van der Waals surface area (Å²) in [5, 5.41) is 4.28. The molecule has 0 amide bonds. The lowest BCUT2D eigenvalue weighted by Crippen LogP contribution is -2.27. The van der Waals surface area contributed by atoms with Gasteiger partial charge >= 0.3 is 0 Å². The van der Waals surface area contributed by atoms with Gasteiger partial charge in [0.05, 0.1) is 5.69 Å². The van der Waals surface area contributed by atoms with Crippen LogP contribution in [0.25, 0.3) is 5.69 Å². The second kappa shape index (κ2) is 6.62. The van der Waals surface area contributed by atoms with E-state index in [1.54, 1.807) is 0 Å². The minimum absolute atomic E-state index is 0.528. The van der Waals surface area contributed by atoms with Gasteiger partial charge in [0, 0.05) is 25.0 Å². The van der Waals surface area contributed by atoms with E-state index in [-0.39, 0.29) is 0 Å². The van der Waals surface area contributed by atoms with E-state index >= 15 is 0 Å². The number of hydrogen-bond acceptors (Lipinski definition) is 2. The minimum Gasteiger partial charge on any atom is -0.295 e. The van der Waals surface area contributed by atoms with Gasteiger partial charge in [-0.3, -0.25) is 4.90 Å². The molecule has 0 radical (unpaired) electrons. The summed E-state index contributed by atoms with van der Waals surface area (Å²) in [6.45, 7) is 0.971. The van der Waals surface area contributed by atoms with Crippen LogP contribution in [-0.2, 0) is 13.0 Å². The third-order valence-corrected chi connectivity index (χ3v) is 5.01. The number of benzene rings is 2. The molecule has 0 bridgehead atoms. The summed E-state index contributed by atoms with van der Waals surface area (Å²) >= 11 is 0. The van der Waals surface area contributed by atoms with Crippen molar-refractivity contribution in [2.24, 2.45) is 0 Å². The van der Waals surface area contributed by atoms with Gasteiger partial charge in [0.25, 0.3) is 0 Å². The summed E-state index contributed by atoms with van der Waals surface area (Å²) in [5.41, 5.74) is 5.49. The van der Waals surface area contributed by atoms with Crippen LogP contribution in [0.5, 0.6) is 0 Å². The summed E-state index contributed by atoms with van der Waals surface area (Å²) in [4.78, 5) is 2.49. The van der Waals surface area contributed by atoms with Gasteiger partial charge in [0.1, 0.15) is 0 Å². The fourth-order valence-corrected chi connectivity index (χ4v) is 3.76. The molecule has 1 heterocycles. The predicted molar refractivity (Wildman–Crippen MR) is 97.2 cm³/mol. The van der Waals surface area contributed by atoms with E-state index in [1.807, 2.05) is 23.1 Å². The Kier molecular flexibility index (Phi) is 4.18. The molecule has 3 nitrogen and oxygen atoms in total. The maximum absolute atomic E-state index is 4.28. The molecule has 3 heteroatoms. The van der Waals surface area contributed by atoms with Crippen LogP contribution in [0, 0.1) is 0 Å². The van der Waals surface area contributed by atoms with Crippen molar-refractivity contribution in [1.82, 2.24) is 14.7 Å². The summed E-state index contributed by atoms with van der Waals surface area (Å²) in [6, 6.07) is 20.1. The fourth-order valence-electron chi connectivity index (χ4n) is 3.76. The maximum Gasteiger partial charge on any atom is 0.0645 e. The normalized spacial score (nSPS) is 17.0. The van der Waals surface area contributed by atoms with Crippen LogP contribution >= 0.6 is 0 Å². The number of fused-ring (bicyclic) bond motifs is 1. The van der Waals surface area contributed by atoms with E-state index in [9.17, 15) is 0 Å². The van der Waals surface area contributed by atoms with Gasteiger partial charge < -0.3 is 0 Å². The number of hydrogen-bond donors (Lipinski definition) is 0. The Morgan fingerprint density at radius 1 is 1.08 bits per heavy atom. The van der Waals surface area contributed by atoms with Crippen molar-refractivity contribution in [2.45, 2.75) is 31.8 Å². The first-order valence-electron chi connectivity index (χ1n) is 8.68. The standard InChI is InChI=1S/C21H23N3/c1-23(21-9-4-7-18-6-2-3-8-20(18)21)16-17-10-12-19(13-11-17)24-15-5-14-22-24/h2-3,5-6,8,10-15,21H,4,7,9,16H2,1H3. The monoisotopic (exact) mass is 317 g/mol. The Balaban J connectivity index is 1.49. The molecule has 2 aromatic carbocycles. The smallest absolute Gasteiger partial charge is 0.0645 e. The Labute approximate surface area is 143 Å². The number of aryl methyl sites for hydroxylation is 1. The number of aromatic nitrogens is 2. The Bertz CT molecular complexity index is 790. The van der Waals surface area contributed by atoms with Crippen molar-refractivity contribution in [3.63, 3.8) is 0 Å². The van der Waals surface area contributed by atoms with E-state index in [0.717, 1.165) is 12.2 Å². The third kappa shape index (κ3) is 3.00. The number of rotatable bonds is 4. The van der Waals surface area contributed by atoms with Crippen molar-refractivity contribution in [2.75, 3.05) is 7.05 Å². The van der Waals surface area contributed by atoms with Crippen LogP contribution in [0.4, 0.5) is 0 Å². The van der Waals surface area contributed by atoms with Crippen molar-refractivity contribution in [3.05, 3.63) is 83.7 Å². The molecule has 0 N–H and O–H groups in total. The zero-order valence-corrected chi connectivity index (χ0v) is 14.1. The Morgan fingerprint density at radius 3 is 2.71 bits per heavy atom. The molecule has 4 rings (SSSR count). The molecule has 1 aromatic heterocycles. The highest BCUT2D eigenvalue weighted by molar-refractivity contribution is 5.35. The second-order valence-corrected chi connectivity index (χ2v) is 6.64. The molecule has 1 unspecified atom stereocenters. The van der Waals surface area contributed by atoms with Crippen molar-refractivity contribution >= 4 is 0 Å². The molecular formula is C21H23N3. The molecule has 0 saturated heterocycles. The quantitative estimate of drug-likeness (QED) is 0.712. The van der Waals surface area contributed by atoms with Crippen molar-refractivity contribution in [1.29, 1.82) is 0 Å². The zero-order chi connectivity index (χ0) is 16.4. The predicted octanol–water partition coefficient (Wildman–Crippen LogP) is 4.38. The molecule has 0 fully saturated rings. The molecule has 1 aliphatic carbocycles. The molecule has 0 saturated carbocycles. The molecule has 0 spiro atoms. The molecule has 24 heavy (non-hydrogen) atoms. The highest BCUT2D eigenvalue weighted by atomic mass is 15.3. The van der Waals surface area contributed by atoms with Gasteiger partial charge in [-0.2, -0.15) is 5.10 Å². The lowest BCUT2D eigenvalue weighted by atomic mass is 9.87. The third-order valence-electron chi connectivity index (χ3n) is 5.01. The number of nitrogens with zero attached hydrogens (tertiary/aromatic N) is 3. The topological polar surface area (TPSA) is 21.1 Å². The zero-order valence-electron chi connectivity index (χ0n) is 14.1. The van der Waals surface area contributed by atoms with Crippen LogP contribution in [0.3, 0.4) is 0 Å². The van der Waals surface area contributed by atoms with E-state index in [0.29, 0.717) is 6.04 Å². The van der Waals surface area contributed by atoms with Gasteiger partial charge in [0.15, 0.2) is 0 Å². The average molecular weight is 317 g/mol. The lowest BCUT2D eigenvalue weighted by molar-refractivity contribution is 0.213. The largest absolute Gasteiger partial charge is 0.295 e. The van der Waals surface area contributed by atoms with Crippen LogP contribution in [0.2, 0.25) is 0 Å². The van der Waals surface area contributed by atoms with E-state index in [1.165, 1.54) is 36.0 Å². The first-order chi connectivity index (χ1) is 11.8. The van der Waals surface area contributed by atoms with Crippen LogP contribution in [0.15, 0.2) is 67.0 Å². The molecule has 1 aliphatic rings. The summed E-state index contributed by atoms with van der Waals surface area (Å²) < 4.78 is 1.89. The summed E-state index contributed by atoms with van der Waals surface area (Å²) in [6.07, 6.45) is 7.53. The molecule has 0 aliphatic heterocycles. The van der Waals surface area contributed by atoms with Crippen molar-refractivity contribution in [3.8, 4) is 5.69 Å². The van der Waals surface area contributed by atoms with E-state index < -0.39 is 0 Å². The maximum atomic E-state index is 4.28. The van der Waals surface area contributed by atoms with Crippen LogP contribution < -0.4 is 0 Å². The first-order valence-corrected chi connectivity index (χ1v) is 8.68. The lowest BCUT2D eigenvalue weighted by Gasteiger charge is -2.33. The van der Waals surface area contributed by atoms with Crippen molar-refractivity contribution < 1.29 is 0 Å². The van der Waals surface area contributed by atoms with Gasteiger partial charge in [-0.1, -0.05) is 36.4 Å². The summed E-state index contributed by atoms with van der Waals surface area (Å²) in [5.74, 6) is 0. The Morgan fingerprint density at radius 2 is 1.92 bits per heavy atom. The molecular weight excluding hydrogens is 294 g/mol. The van der Waals surface area contributed by atoms with E-state index in [2.05, 4.69) is 65.6 Å². The fraction of sp³-hybridized carbons (Fsp3) is 0.286. The molecule has 3 aromatic rings. The van der Waals surface area contributed by atoms with Gasteiger partial charge in [0.2, 0.25) is 0 Å². The SMILES string of the molecule is CN(Cc1ccc(-n2cccn2)cc1)C1CCCc2ccccc21. The summed E-state index contributed by atoms with van der Waals surface area (Å²) in [7, 11) is 2.24. The minimum atomic E-state index is 0.528. The van der Waals surface area contributed by atoms with Crippen LogP contribution in [-0.4, -0.2) is 21.7 Å². The van der Waals surface area contributed by atoms with Gasteiger partial charge in [-0.05, 0) is 61.2 Å². The second-order valence-electron chi connectivity index (χ2n) is 6.64.